The predicted molar refractivity (Wildman–Crippen MR) is 181 cm³/mol. The Morgan fingerprint density at radius 1 is 1.16 bits per heavy atom. The Kier molecular flexibility index (Phi) is 17.6. The number of carbonyl (C=O) groups is 2. The summed E-state index contributed by atoms with van der Waals surface area (Å²) in [6.45, 7) is 25.6. The first kappa shape index (κ1) is 38.5. The summed E-state index contributed by atoms with van der Waals surface area (Å²) in [4.78, 5) is 28.9. The molecule has 1 aromatic rings. The molecule has 242 valence electrons. The van der Waals surface area contributed by atoms with Gasteiger partial charge in [-0.05, 0) is 97.6 Å². The number of carbonyl (C=O) groups excluding carboxylic acids is 2. The van der Waals surface area contributed by atoms with E-state index in [4.69, 9.17) is 14.5 Å². The molecule has 0 saturated carbocycles. The van der Waals surface area contributed by atoms with Crippen LogP contribution in [0.15, 0.2) is 46.5 Å². The molecule has 1 saturated heterocycles. The van der Waals surface area contributed by atoms with E-state index in [1.54, 1.807) is 6.92 Å². The fraction of sp³-hybridized carbons (Fsp3) is 0.649. The van der Waals surface area contributed by atoms with Gasteiger partial charge >= 0.3 is 5.97 Å². The van der Waals surface area contributed by atoms with Crippen LogP contribution in [0.3, 0.4) is 0 Å². The lowest BCUT2D eigenvalue weighted by atomic mass is 9.97. The molecule has 0 radical (unpaired) electrons. The Bertz CT molecular complexity index is 1090. The van der Waals surface area contributed by atoms with E-state index in [0.717, 1.165) is 53.5 Å². The van der Waals surface area contributed by atoms with Crippen molar-refractivity contribution in [1.29, 1.82) is 0 Å². The number of rotatable bonds is 13. The normalized spacial score (nSPS) is 16.2. The summed E-state index contributed by atoms with van der Waals surface area (Å²) in [7, 11) is 0. The maximum Gasteiger partial charge on any atom is 0.323 e. The first-order valence-corrected chi connectivity index (χ1v) is 16.2. The molecule has 1 aliphatic heterocycles. The maximum atomic E-state index is 12.8. The first-order chi connectivity index (χ1) is 20.2. The molecule has 6 nitrogen and oxygen atoms in total. The summed E-state index contributed by atoms with van der Waals surface area (Å²) in [5.74, 6) is 1.31. The van der Waals surface area contributed by atoms with E-state index in [-0.39, 0.29) is 23.3 Å². The van der Waals surface area contributed by atoms with E-state index in [2.05, 4.69) is 78.9 Å². The minimum atomic E-state index is -0.358. The highest BCUT2D eigenvalue weighted by Gasteiger charge is 2.23. The highest BCUT2D eigenvalue weighted by molar-refractivity contribution is 6.06. The van der Waals surface area contributed by atoms with Crippen LogP contribution in [-0.2, 0) is 25.6 Å². The summed E-state index contributed by atoms with van der Waals surface area (Å²) >= 11 is 0. The molecule has 0 bridgehead atoms. The van der Waals surface area contributed by atoms with E-state index >= 15 is 0 Å². The average Bonchev–Trinajstić information content (AvgIpc) is 2.96. The van der Waals surface area contributed by atoms with Crippen LogP contribution in [-0.4, -0.2) is 43.8 Å². The molecular weight excluding hydrogens is 536 g/mol. The van der Waals surface area contributed by atoms with E-state index in [1.165, 1.54) is 19.3 Å². The molecule has 1 aromatic carbocycles. The Morgan fingerprint density at radius 2 is 1.81 bits per heavy atom. The zero-order valence-electron chi connectivity index (χ0n) is 29.0. The fourth-order valence-electron chi connectivity index (χ4n) is 4.64. The van der Waals surface area contributed by atoms with Crippen LogP contribution in [0.4, 0.5) is 5.69 Å². The second-order valence-corrected chi connectivity index (χ2v) is 13.7. The molecule has 0 amide bonds. The lowest BCUT2D eigenvalue weighted by Gasteiger charge is -2.23. The third kappa shape index (κ3) is 15.6. The lowest BCUT2D eigenvalue weighted by Crippen LogP contribution is -2.39. The third-order valence-corrected chi connectivity index (χ3v) is 7.35. The smallest absolute Gasteiger partial charge is 0.323 e. The highest BCUT2D eigenvalue weighted by Crippen LogP contribution is 2.25. The van der Waals surface area contributed by atoms with E-state index in [9.17, 15) is 9.59 Å². The number of allylic oxidation sites excluding steroid dienone is 4. The van der Waals surface area contributed by atoms with E-state index < -0.39 is 0 Å². The summed E-state index contributed by atoms with van der Waals surface area (Å²) in [5.41, 5.74) is 5.49. The molecule has 1 atom stereocenters. The second-order valence-electron chi connectivity index (χ2n) is 13.7. The molecule has 0 aliphatic carbocycles. The van der Waals surface area contributed by atoms with Gasteiger partial charge < -0.3 is 14.8 Å². The predicted octanol–water partition coefficient (Wildman–Crippen LogP) is 8.73. The summed E-state index contributed by atoms with van der Waals surface area (Å²) in [6.07, 6.45) is 9.36. The molecule has 6 heteroatoms. The average molecular weight is 597 g/mol. The molecule has 2 rings (SSSR count). The van der Waals surface area contributed by atoms with Gasteiger partial charge in [0.1, 0.15) is 12.3 Å². The molecule has 1 N–H and O–H groups in total. The largest absolute Gasteiger partial charge is 0.464 e. The highest BCUT2D eigenvalue weighted by atomic mass is 16.5. The van der Waals surface area contributed by atoms with Crippen LogP contribution in [0.25, 0.3) is 0 Å². The Hall–Kier alpha value is -2.57. The van der Waals surface area contributed by atoms with Crippen molar-refractivity contribution < 1.29 is 19.1 Å². The van der Waals surface area contributed by atoms with Crippen molar-refractivity contribution in [2.75, 3.05) is 19.8 Å². The van der Waals surface area contributed by atoms with Crippen molar-refractivity contribution in [1.82, 2.24) is 5.32 Å². The molecule has 1 heterocycles. The summed E-state index contributed by atoms with van der Waals surface area (Å²) in [6, 6.07) is 5.84. The first-order valence-electron chi connectivity index (χ1n) is 16.2. The van der Waals surface area contributed by atoms with Gasteiger partial charge in [0, 0.05) is 19.8 Å². The minimum absolute atomic E-state index is 0.0682. The number of esters is 1. The fourth-order valence-corrected chi connectivity index (χ4v) is 4.64. The van der Waals surface area contributed by atoms with Crippen LogP contribution in [0.2, 0.25) is 0 Å². The van der Waals surface area contributed by atoms with Gasteiger partial charge in [-0.1, -0.05) is 80.0 Å². The number of benzene rings is 1. The van der Waals surface area contributed by atoms with Gasteiger partial charge in [0.25, 0.3) is 0 Å². The van der Waals surface area contributed by atoms with Gasteiger partial charge in [-0.25, -0.2) is 0 Å². The monoisotopic (exact) mass is 596 g/mol. The van der Waals surface area contributed by atoms with Crippen molar-refractivity contribution >= 4 is 23.7 Å². The quantitative estimate of drug-likeness (QED) is 0.0810. The Morgan fingerprint density at radius 3 is 2.30 bits per heavy atom. The number of nitrogens with zero attached hydrogens (tertiary/aromatic N) is 1. The number of hydrogen-bond acceptors (Lipinski definition) is 6. The van der Waals surface area contributed by atoms with Crippen LogP contribution < -0.4 is 5.32 Å². The molecular formula is C37H60N2O4. The number of ether oxygens (including phenoxy) is 2. The van der Waals surface area contributed by atoms with Crippen molar-refractivity contribution in [2.45, 2.75) is 114 Å². The van der Waals surface area contributed by atoms with Crippen molar-refractivity contribution in [2.24, 2.45) is 28.2 Å². The maximum absolute atomic E-state index is 12.8. The third-order valence-electron chi connectivity index (χ3n) is 7.35. The van der Waals surface area contributed by atoms with Gasteiger partial charge in [-0.15, -0.1) is 0 Å². The lowest BCUT2D eigenvalue weighted by molar-refractivity contribution is -0.149. The molecule has 1 unspecified atom stereocenters. The molecule has 0 spiro atoms. The summed E-state index contributed by atoms with van der Waals surface area (Å²) in [5, 5.41) is 3.41. The van der Waals surface area contributed by atoms with Gasteiger partial charge in [0.05, 0.1) is 18.0 Å². The number of nitrogens with one attached hydrogen (secondary N) is 1. The number of aldehydes is 1. The van der Waals surface area contributed by atoms with Crippen LogP contribution in [0.1, 0.15) is 106 Å². The molecule has 0 aromatic heterocycles. The number of hydrogen-bond donors (Lipinski definition) is 1. The minimum Gasteiger partial charge on any atom is -0.464 e. The zero-order valence-corrected chi connectivity index (χ0v) is 29.0. The van der Waals surface area contributed by atoms with Gasteiger partial charge in [0.2, 0.25) is 0 Å². The van der Waals surface area contributed by atoms with Gasteiger partial charge in [-0.2, -0.15) is 0 Å². The standard InChI is InChI=1S/C30H46N2O3.C7H14O/c1-11-25(15-22(6)18-33)28(21(4)5)32-26-16-24(13-12-23(26)7)17-31-27(14-20(2)3)29(34)35-19-30(8,9)10;1-2-7-3-5-8-6-4-7/h11-13,15-16,18,20-21,27,31H,14,17,19H2,1-10H3;7H,2-6H2,1H3/b22-15-,25-11+,32-28?;. The molecule has 43 heavy (non-hydrogen) atoms. The second kappa shape index (κ2) is 19.7. The van der Waals surface area contributed by atoms with Crippen LogP contribution in [0, 0.1) is 30.1 Å². The summed E-state index contributed by atoms with van der Waals surface area (Å²) < 4.78 is 10.8. The zero-order chi connectivity index (χ0) is 32.6. The van der Waals surface area contributed by atoms with Gasteiger partial charge in [0.15, 0.2) is 0 Å². The molecule has 1 fully saturated rings. The van der Waals surface area contributed by atoms with Crippen molar-refractivity contribution in [3.63, 3.8) is 0 Å². The van der Waals surface area contributed by atoms with Crippen molar-refractivity contribution in [3.05, 3.63) is 52.6 Å². The van der Waals surface area contributed by atoms with E-state index in [1.807, 2.05) is 26.0 Å². The van der Waals surface area contributed by atoms with Crippen molar-refractivity contribution in [3.8, 4) is 0 Å². The molecule has 1 aliphatic rings. The SMILES string of the molecule is C/C=C(\C=C(\C)C=O)C(=Nc1cc(CNC(CC(C)C)C(=O)OCC(C)(C)C)ccc1C)C(C)C.CCC1CCOCC1. The topological polar surface area (TPSA) is 77.0 Å². The Balaban J connectivity index is 0.000000990. The van der Waals surface area contributed by atoms with Crippen LogP contribution in [0.5, 0.6) is 0 Å². The van der Waals surface area contributed by atoms with E-state index in [0.29, 0.717) is 31.1 Å². The Labute approximate surface area is 262 Å². The van der Waals surface area contributed by atoms with Crippen LogP contribution >= 0.6 is 0 Å². The number of aliphatic imine (C=N–C) groups is 1. The number of aryl methyl sites for hydroxylation is 1. The van der Waals surface area contributed by atoms with Gasteiger partial charge in [-0.3, -0.25) is 14.6 Å².